The Balaban J connectivity index is 1.46. The molecule has 8 heteroatoms. The smallest absolute Gasteiger partial charge is 0.330 e. The summed E-state index contributed by atoms with van der Waals surface area (Å²) in [5, 5.41) is 1.09. The Morgan fingerprint density at radius 3 is 2.13 bits per heavy atom. The Labute approximate surface area is 232 Å². The molecule has 1 heterocycles. The Morgan fingerprint density at radius 2 is 1.54 bits per heavy atom. The van der Waals surface area contributed by atoms with E-state index in [2.05, 4.69) is 4.98 Å². The highest BCUT2D eigenvalue weighted by Crippen LogP contribution is 2.29. The third-order valence-corrected chi connectivity index (χ3v) is 6.80. The fraction of sp³-hybridized carbons (Fsp3) is 0.290. The van der Waals surface area contributed by atoms with Gasteiger partial charge >= 0.3 is 5.97 Å². The largest absolute Gasteiger partial charge is 0.755 e. The number of hydrogen-bond donors (Lipinski definition) is 0. The second-order valence-corrected chi connectivity index (χ2v) is 11.4. The maximum absolute atomic E-state index is 12.9. The molecule has 0 bridgehead atoms. The highest BCUT2D eigenvalue weighted by molar-refractivity contribution is 7.80. The third-order valence-electron chi connectivity index (χ3n) is 6.05. The number of anilines is 1. The normalized spacial score (nSPS) is 13.2. The lowest BCUT2D eigenvalue weighted by atomic mass is 10.0. The molecular weight excluding hydrogens is 512 g/mol. The number of ether oxygens (including phenoxy) is 2. The monoisotopic (exact) mass is 545 g/mol. The molecule has 2 atom stereocenters. The second-order valence-electron chi connectivity index (χ2n) is 10.6. The summed E-state index contributed by atoms with van der Waals surface area (Å²) in [5.41, 5.74) is 3.28. The van der Waals surface area contributed by atoms with E-state index in [1.54, 1.807) is 46.8 Å². The van der Waals surface area contributed by atoms with Gasteiger partial charge in [0, 0.05) is 22.3 Å². The number of para-hydroxylation sites is 1. The van der Waals surface area contributed by atoms with Crippen LogP contribution in [0.5, 0.6) is 5.75 Å². The summed E-state index contributed by atoms with van der Waals surface area (Å²) in [6.07, 6.45) is 0. The molecule has 3 aromatic carbocycles. The van der Waals surface area contributed by atoms with Gasteiger partial charge in [-0.3, -0.25) is 8.51 Å². The average Bonchev–Trinajstić information content (AvgIpc) is 2.89. The molecule has 204 valence electrons. The lowest BCUT2D eigenvalue weighted by Crippen LogP contribution is -2.48. The SMILES string of the molecule is CC(C)C(C(=O)OC(C)(C)C)N(c1ccc(-c2ccc(OCc3ccc4ccccc4n3)cc2)cc1)S(=O)[O-]. The molecule has 0 spiro atoms. The van der Waals surface area contributed by atoms with Crippen LogP contribution < -0.4 is 9.04 Å². The van der Waals surface area contributed by atoms with Crippen LogP contribution in [0.4, 0.5) is 5.69 Å². The molecule has 0 amide bonds. The van der Waals surface area contributed by atoms with Gasteiger partial charge < -0.3 is 14.0 Å². The maximum atomic E-state index is 12.9. The molecule has 7 nitrogen and oxygen atoms in total. The van der Waals surface area contributed by atoms with E-state index < -0.39 is 28.9 Å². The standard InChI is InChI=1S/C31H34N2O5S/c1-21(2)29(30(34)38-31(3,4)5)33(39(35)36)26-16-11-22(12-17-26)23-13-18-27(19-14-23)37-20-25-15-10-24-8-6-7-9-28(24)32-25/h6-19,21,29H,20H2,1-5H3,(H,35,36)/p-1. The van der Waals surface area contributed by atoms with Crippen LogP contribution in [0.2, 0.25) is 0 Å². The molecule has 2 unspecified atom stereocenters. The minimum absolute atomic E-state index is 0.297. The highest BCUT2D eigenvalue weighted by Gasteiger charge is 2.34. The molecule has 4 rings (SSSR count). The van der Waals surface area contributed by atoms with Gasteiger partial charge in [-0.05, 0) is 74.2 Å². The van der Waals surface area contributed by atoms with Crippen LogP contribution in [0, 0.1) is 5.92 Å². The van der Waals surface area contributed by atoms with Crippen LogP contribution in [-0.4, -0.2) is 31.4 Å². The summed E-state index contributed by atoms with van der Waals surface area (Å²) in [6, 6.07) is 25.7. The molecule has 4 aromatic rings. The highest BCUT2D eigenvalue weighted by atomic mass is 32.2. The van der Waals surface area contributed by atoms with Gasteiger partial charge in [-0.1, -0.05) is 62.4 Å². The number of esters is 1. The Morgan fingerprint density at radius 1 is 0.923 bits per heavy atom. The zero-order valence-corrected chi connectivity index (χ0v) is 23.6. The molecule has 0 aliphatic carbocycles. The molecule has 0 aliphatic rings. The zero-order chi connectivity index (χ0) is 28.2. The molecule has 0 N–H and O–H groups in total. The maximum Gasteiger partial charge on any atom is 0.330 e. The summed E-state index contributed by atoms with van der Waals surface area (Å²) >= 11 is -2.67. The van der Waals surface area contributed by atoms with Gasteiger partial charge in [0.05, 0.1) is 11.2 Å². The number of fused-ring (bicyclic) bond motifs is 1. The van der Waals surface area contributed by atoms with Crippen LogP contribution >= 0.6 is 0 Å². The van der Waals surface area contributed by atoms with Crippen molar-refractivity contribution in [1.29, 1.82) is 0 Å². The van der Waals surface area contributed by atoms with Crippen molar-refractivity contribution in [3.8, 4) is 16.9 Å². The summed E-state index contributed by atoms with van der Waals surface area (Å²) in [5.74, 6) is -0.162. The first-order valence-corrected chi connectivity index (χ1v) is 13.8. The number of benzene rings is 3. The summed E-state index contributed by atoms with van der Waals surface area (Å²) < 4.78 is 37.0. The van der Waals surface area contributed by atoms with E-state index in [-0.39, 0.29) is 5.92 Å². The summed E-state index contributed by atoms with van der Waals surface area (Å²) in [7, 11) is 0. The first-order valence-electron chi connectivity index (χ1n) is 12.8. The molecule has 0 aliphatic heterocycles. The van der Waals surface area contributed by atoms with Crippen molar-refractivity contribution >= 4 is 33.8 Å². The van der Waals surface area contributed by atoms with E-state index in [1.165, 1.54) is 0 Å². The van der Waals surface area contributed by atoms with E-state index in [9.17, 15) is 13.6 Å². The average molecular weight is 546 g/mol. The van der Waals surface area contributed by atoms with E-state index in [0.717, 1.165) is 37.8 Å². The molecule has 39 heavy (non-hydrogen) atoms. The zero-order valence-electron chi connectivity index (χ0n) is 22.8. The Bertz CT molecular complexity index is 1450. The van der Waals surface area contributed by atoms with Gasteiger partial charge in [0.25, 0.3) is 0 Å². The number of carbonyl (C=O) groups excluding carboxylic acids is 1. The van der Waals surface area contributed by atoms with E-state index in [4.69, 9.17) is 9.47 Å². The van der Waals surface area contributed by atoms with Gasteiger partial charge in [-0.25, -0.2) is 9.78 Å². The summed E-state index contributed by atoms with van der Waals surface area (Å²) in [6.45, 7) is 9.21. The number of carbonyl (C=O) groups is 1. The van der Waals surface area contributed by atoms with Crippen LogP contribution in [-0.2, 0) is 27.4 Å². The number of hydrogen-bond acceptors (Lipinski definition) is 6. The van der Waals surface area contributed by atoms with Gasteiger partial charge in [0.15, 0.2) is 0 Å². The number of rotatable bonds is 9. The number of pyridine rings is 1. The first kappa shape index (κ1) is 28.3. The summed E-state index contributed by atoms with van der Waals surface area (Å²) in [4.78, 5) is 17.5. The molecule has 0 fully saturated rings. The predicted octanol–water partition coefficient (Wildman–Crippen LogP) is 6.45. The van der Waals surface area contributed by atoms with Gasteiger partial charge in [0.1, 0.15) is 24.0 Å². The topological polar surface area (TPSA) is 91.8 Å². The van der Waals surface area contributed by atoms with Crippen molar-refractivity contribution < 1.29 is 23.0 Å². The number of aromatic nitrogens is 1. The molecule has 0 saturated heterocycles. The lowest BCUT2D eigenvalue weighted by molar-refractivity contribution is -0.157. The van der Waals surface area contributed by atoms with E-state index >= 15 is 0 Å². The van der Waals surface area contributed by atoms with Crippen LogP contribution in [0.1, 0.15) is 40.3 Å². The van der Waals surface area contributed by atoms with Crippen molar-refractivity contribution in [3.63, 3.8) is 0 Å². The van der Waals surface area contributed by atoms with Crippen LogP contribution in [0.15, 0.2) is 84.9 Å². The van der Waals surface area contributed by atoms with E-state index in [0.29, 0.717) is 12.3 Å². The minimum Gasteiger partial charge on any atom is -0.755 e. The first-order chi connectivity index (χ1) is 18.5. The Hall–Kier alpha value is -3.75. The van der Waals surface area contributed by atoms with Gasteiger partial charge in [-0.15, -0.1) is 0 Å². The fourth-order valence-electron chi connectivity index (χ4n) is 4.23. The van der Waals surface area contributed by atoms with Gasteiger partial charge in [-0.2, -0.15) is 0 Å². The lowest BCUT2D eigenvalue weighted by Gasteiger charge is -2.36. The predicted molar refractivity (Wildman–Crippen MR) is 154 cm³/mol. The minimum atomic E-state index is -2.67. The van der Waals surface area contributed by atoms with Crippen LogP contribution in [0.3, 0.4) is 0 Å². The molecule has 0 radical (unpaired) electrons. The third kappa shape index (κ3) is 7.22. The Kier molecular flexibility index (Phi) is 8.67. The van der Waals surface area contributed by atoms with Gasteiger partial charge in [0.2, 0.25) is 0 Å². The molecular formula is C31H33N2O5S-. The van der Waals surface area contributed by atoms with Crippen molar-refractivity contribution in [2.45, 2.75) is 52.9 Å². The molecule has 1 aromatic heterocycles. The number of nitrogens with zero attached hydrogens (tertiary/aromatic N) is 2. The van der Waals surface area contributed by atoms with Crippen LogP contribution in [0.25, 0.3) is 22.0 Å². The second kappa shape index (κ2) is 12.0. The fourth-order valence-corrected chi connectivity index (χ4v) is 5.04. The molecule has 0 saturated carbocycles. The quantitative estimate of drug-likeness (QED) is 0.177. The van der Waals surface area contributed by atoms with Crippen molar-refractivity contribution in [2.24, 2.45) is 5.92 Å². The van der Waals surface area contributed by atoms with E-state index in [1.807, 2.05) is 72.8 Å². The van der Waals surface area contributed by atoms with Crippen molar-refractivity contribution in [2.75, 3.05) is 4.31 Å². The van der Waals surface area contributed by atoms with Crippen molar-refractivity contribution in [3.05, 3.63) is 90.6 Å². The van der Waals surface area contributed by atoms with Crippen molar-refractivity contribution in [1.82, 2.24) is 4.98 Å².